The standard InChI is InChI=1S/C58H38N2/c1-3-14-39(15-4-1)49-36-50(40-16-5-2-6-17-40)38-51(37-49)48-24-12-23-47(35-48)46-22-11-21-45(34-46)41-28-30-44(31-29-41)57-56-53-26-10-8-19-43(53)32-33-55(56)59-58(60-57)54-27-13-20-42-18-7-9-25-52(42)54/h1-38H. The lowest BCUT2D eigenvalue weighted by Crippen LogP contribution is -1.97. The van der Waals surface area contributed by atoms with Crippen molar-refractivity contribution in [2.24, 2.45) is 0 Å². The molecule has 0 fully saturated rings. The Morgan fingerprint density at radius 1 is 0.250 bits per heavy atom. The summed E-state index contributed by atoms with van der Waals surface area (Å²) in [6.07, 6.45) is 0. The van der Waals surface area contributed by atoms with Gasteiger partial charge < -0.3 is 0 Å². The molecule has 0 bridgehead atoms. The van der Waals surface area contributed by atoms with E-state index >= 15 is 0 Å². The molecule has 0 aliphatic rings. The smallest absolute Gasteiger partial charge is 0.161 e. The van der Waals surface area contributed by atoms with Crippen LogP contribution in [0, 0.1) is 0 Å². The third-order valence-electron chi connectivity index (χ3n) is 11.6. The Balaban J connectivity index is 0.968. The van der Waals surface area contributed by atoms with Crippen LogP contribution in [0.15, 0.2) is 231 Å². The predicted octanol–water partition coefficient (Wildman–Crippen LogP) is 15.6. The molecule has 0 unspecified atom stereocenters. The first-order valence-electron chi connectivity index (χ1n) is 20.5. The Bertz CT molecular complexity index is 3290. The number of hydrogen-bond donors (Lipinski definition) is 0. The Hall–Kier alpha value is -7.94. The zero-order valence-corrected chi connectivity index (χ0v) is 32.8. The van der Waals surface area contributed by atoms with Gasteiger partial charge in [0, 0.05) is 16.5 Å². The molecule has 0 aliphatic heterocycles. The topological polar surface area (TPSA) is 25.8 Å². The maximum atomic E-state index is 5.37. The van der Waals surface area contributed by atoms with E-state index in [2.05, 4.69) is 231 Å². The second kappa shape index (κ2) is 15.1. The molecular formula is C58H38N2. The number of benzene rings is 10. The Morgan fingerprint density at radius 3 is 1.30 bits per heavy atom. The lowest BCUT2D eigenvalue weighted by atomic mass is 9.91. The molecule has 280 valence electrons. The Kier molecular flexibility index (Phi) is 8.87. The quantitative estimate of drug-likeness (QED) is 0.151. The van der Waals surface area contributed by atoms with Crippen molar-refractivity contribution < 1.29 is 0 Å². The molecule has 0 aliphatic carbocycles. The number of nitrogens with zero attached hydrogens (tertiary/aromatic N) is 2. The first-order chi connectivity index (χ1) is 29.7. The van der Waals surface area contributed by atoms with Crippen molar-refractivity contribution in [3.05, 3.63) is 231 Å². The summed E-state index contributed by atoms with van der Waals surface area (Å²) >= 11 is 0. The van der Waals surface area contributed by atoms with E-state index in [9.17, 15) is 0 Å². The van der Waals surface area contributed by atoms with E-state index in [1.807, 2.05) is 0 Å². The SMILES string of the molecule is c1ccc(-c2cc(-c3ccccc3)cc(-c3cccc(-c4cccc(-c5ccc(-c6nc(-c7cccc8ccccc78)nc7ccc8ccccc8c67)cc5)c4)c3)c2)cc1. The molecule has 0 saturated carbocycles. The third kappa shape index (κ3) is 6.61. The van der Waals surface area contributed by atoms with Crippen LogP contribution in [-0.4, -0.2) is 9.97 Å². The summed E-state index contributed by atoms with van der Waals surface area (Å²) in [5.41, 5.74) is 15.8. The number of fused-ring (bicyclic) bond motifs is 4. The molecular weight excluding hydrogens is 725 g/mol. The number of hydrogen-bond acceptors (Lipinski definition) is 2. The minimum absolute atomic E-state index is 0.728. The fourth-order valence-corrected chi connectivity index (χ4v) is 8.62. The molecule has 11 rings (SSSR count). The Morgan fingerprint density at radius 2 is 0.667 bits per heavy atom. The van der Waals surface area contributed by atoms with Gasteiger partial charge in [-0.15, -0.1) is 0 Å². The maximum absolute atomic E-state index is 5.37. The van der Waals surface area contributed by atoms with Crippen molar-refractivity contribution in [3.8, 4) is 78.3 Å². The van der Waals surface area contributed by atoms with Gasteiger partial charge in [0.1, 0.15) is 0 Å². The largest absolute Gasteiger partial charge is 0.228 e. The van der Waals surface area contributed by atoms with Crippen molar-refractivity contribution in [2.75, 3.05) is 0 Å². The van der Waals surface area contributed by atoms with Crippen LogP contribution in [0.1, 0.15) is 0 Å². The van der Waals surface area contributed by atoms with Crippen molar-refractivity contribution in [3.63, 3.8) is 0 Å². The average molecular weight is 763 g/mol. The molecule has 60 heavy (non-hydrogen) atoms. The number of aromatic nitrogens is 2. The summed E-state index contributed by atoms with van der Waals surface area (Å²) in [6, 6.07) is 82.5. The fourth-order valence-electron chi connectivity index (χ4n) is 8.62. The molecule has 0 atom stereocenters. The molecule has 2 heteroatoms. The van der Waals surface area contributed by atoms with Crippen molar-refractivity contribution in [1.29, 1.82) is 0 Å². The lowest BCUT2D eigenvalue weighted by Gasteiger charge is -2.14. The van der Waals surface area contributed by atoms with Gasteiger partial charge in [0.15, 0.2) is 5.82 Å². The highest BCUT2D eigenvalue weighted by molar-refractivity contribution is 6.13. The van der Waals surface area contributed by atoms with Gasteiger partial charge in [0.2, 0.25) is 0 Å². The molecule has 0 N–H and O–H groups in total. The molecule has 11 aromatic rings. The zero-order valence-electron chi connectivity index (χ0n) is 32.8. The van der Waals surface area contributed by atoms with Gasteiger partial charge in [0.25, 0.3) is 0 Å². The normalized spacial score (nSPS) is 11.3. The number of rotatable bonds is 7. The van der Waals surface area contributed by atoms with Gasteiger partial charge in [-0.3, -0.25) is 0 Å². The van der Waals surface area contributed by atoms with Crippen LogP contribution in [0.5, 0.6) is 0 Å². The monoisotopic (exact) mass is 762 g/mol. The summed E-state index contributed by atoms with van der Waals surface area (Å²) < 4.78 is 0. The molecule has 0 saturated heterocycles. The molecule has 1 heterocycles. The van der Waals surface area contributed by atoms with Gasteiger partial charge in [-0.1, -0.05) is 194 Å². The minimum Gasteiger partial charge on any atom is -0.228 e. The summed E-state index contributed by atoms with van der Waals surface area (Å²) in [6.45, 7) is 0. The van der Waals surface area contributed by atoms with E-state index in [0.29, 0.717) is 0 Å². The molecule has 2 nitrogen and oxygen atoms in total. The first kappa shape index (κ1) is 35.2. The predicted molar refractivity (Wildman–Crippen MR) is 253 cm³/mol. The molecule has 0 spiro atoms. The summed E-state index contributed by atoms with van der Waals surface area (Å²) in [4.78, 5) is 10.6. The van der Waals surface area contributed by atoms with Gasteiger partial charge in [-0.2, -0.15) is 0 Å². The van der Waals surface area contributed by atoms with Crippen molar-refractivity contribution >= 4 is 32.4 Å². The van der Waals surface area contributed by atoms with Crippen molar-refractivity contribution in [2.45, 2.75) is 0 Å². The van der Waals surface area contributed by atoms with Crippen LogP contribution in [0.3, 0.4) is 0 Å². The fraction of sp³-hybridized carbons (Fsp3) is 0. The minimum atomic E-state index is 0.728. The van der Waals surface area contributed by atoms with Crippen LogP contribution in [0.4, 0.5) is 0 Å². The molecule has 10 aromatic carbocycles. The van der Waals surface area contributed by atoms with E-state index in [0.717, 1.165) is 55.4 Å². The molecule has 0 amide bonds. The van der Waals surface area contributed by atoms with Crippen LogP contribution in [0.2, 0.25) is 0 Å². The summed E-state index contributed by atoms with van der Waals surface area (Å²) in [5, 5.41) is 5.70. The second-order valence-electron chi connectivity index (χ2n) is 15.4. The maximum Gasteiger partial charge on any atom is 0.161 e. The van der Waals surface area contributed by atoms with E-state index in [1.165, 1.54) is 55.3 Å². The van der Waals surface area contributed by atoms with Gasteiger partial charge in [-0.25, -0.2) is 9.97 Å². The second-order valence-corrected chi connectivity index (χ2v) is 15.4. The van der Waals surface area contributed by atoms with Crippen molar-refractivity contribution in [1.82, 2.24) is 9.97 Å². The summed E-state index contributed by atoms with van der Waals surface area (Å²) in [5.74, 6) is 0.728. The third-order valence-corrected chi connectivity index (χ3v) is 11.6. The van der Waals surface area contributed by atoms with E-state index < -0.39 is 0 Å². The zero-order chi connectivity index (χ0) is 39.8. The van der Waals surface area contributed by atoms with Gasteiger partial charge in [0.05, 0.1) is 11.2 Å². The van der Waals surface area contributed by atoms with Gasteiger partial charge in [-0.05, 0) is 114 Å². The van der Waals surface area contributed by atoms with Crippen LogP contribution < -0.4 is 0 Å². The Labute approximate surface area is 349 Å². The first-order valence-corrected chi connectivity index (χ1v) is 20.5. The van der Waals surface area contributed by atoms with Crippen LogP contribution in [-0.2, 0) is 0 Å². The van der Waals surface area contributed by atoms with Gasteiger partial charge >= 0.3 is 0 Å². The molecule has 1 aromatic heterocycles. The molecule has 0 radical (unpaired) electrons. The van der Waals surface area contributed by atoms with Crippen LogP contribution >= 0.6 is 0 Å². The van der Waals surface area contributed by atoms with Crippen LogP contribution in [0.25, 0.3) is 111 Å². The average Bonchev–Trinajstić information content (AvgIpc) is 3.34. The highest BCUT2D eigenvalue weighted by Gasteiger charge is 2.16. The lowest BCUT2D eigenvalue weighted by molar-refractivity contribution is 1.24. The van der Waals surface area contributed by atoms with E-state index in [1.54, 1.807) is 0 Å². The van der Waals surface area contributed by atoms with E-state index in [-0.39, 0.29) is 0 Å². The highest BCUT2D eigenvalue weighted by Crippen LogP contribution is 2.38. The highest BCUT2D eigenvalue weighted by atomic mass is 14.9. The summed E-state index contributed by atoms with van der Waals surface area (Å²) in [7, 11) is 0. The van der Waals surface area contributed by atoms with E-state index in [4.69, 9.17) is 9.97 Å².